The molecule has 7 heteroatoms. The molecule has 2 aromatic heterocycles. The molecule has 0 bridgehead atoms. The van der Waals surface area contributed by atoms with Crippen LogP contribution in [-0.2, 0) is 16.0 Å². The summed E-state index contributed by atoms with van der Waals surface area (Å²) in [4.78, 5) is 20.5. The second-order valence-corrected chi connectivity index (χ2v) is 5.66. The number of anilines is 2. The number of aryl methyl sites for hydroxylation is 1. The molecular formula is C15H20N4O2S. The number of carbonyl (C=O) groups excluding carboxylic acids is 1. The Morgan fingerprint density at radius 3 is 3.00 bits per heavy atom. The zero-order valence-electron chi connectivity index (χ0n) is 12.8. The van der Waals surface area contributed by atoms with Crippen molar-refractivity contribution in [1.82, 2.24) is 15.3 Å². The van der Waals surface area contributed by atoms with Crippen LogP contribution in [0.3, 0.4) is 0 Å². The summed E-state index contributed by atoms with van der Waals surface area (Å²) in [6.07, 6.45) is 1.09. The Morgan fingerprint density at radius 1 is 1.36 bits per heavy atom. The third-order valence-corrected chi connectivity index (χ3v) is 3.67. The second kappa shape index (κ2) is 8.45. The van der Waals surface area contributed by atoms with E-state index in [1.54, 1.807) is 7.11 Å². The Balaban J connectivity index is 1.82. The molecule has 2 heterocycles. The van der Waals surface area contributed by atoms with Gasteiger partial charge in [-0.3, -0.25) is 4.79 Å². The number of rotatable bonds is 8. The third-order valence-electron chi connectivity index (χ3n) is 2.86. The smallest absolute Gasteiger partial charge is 0.226 e. The fourth-order valence-corrected chi connectivity index (χ4v) is 2.56. The number of amides is 1. The molecule has 6 nitrogen and oxygen atoms in total. The number of pyridine rings is 1. The van der Waals surface area contributed by atoms with Crippen molar-refractivity contribution in [3.05, 3.63) is 35.0 Å². The minimum atomic E-state index is -0.0263. The summed E-state index contributed by atoms with van der Waals surface area (Å²) in [6, 6.07) is 5.76. The molecule has 0 radical (unpaired) electrons. The monoisotopic (exact) mass is 320 g/mol. The first-order valence-electron chi connectivity index (χ1n) is 7.08. The number of hydrogen-bond donors (Lipinski definition) is 2. The van der Waals surface area contributed by atoms with Gasteiger partial charge in [0.2, 0.25) is 5.91 Å². The summed E-state index contributed by atoms with van der Waals surface area (Å²) in [6.45, 7) is 3.20. The molecule has 2 aromatic rings. The minimum Gasteiger partial charge on any atom is -0.385 e. The van der Waals surface area contributed by atoms with E-state index in [2.05, 4.69) is 20.6 Å². The largest absolute Gasteiger partial charge is 0.385 e. The number of ether oxygens (including phenoxy) is 1. The van der Waals surface area contributed by atoms with Crippen LogP contribution in [-0.4, -0.2) is 36.1 Å². The first-order valence-corrected chi connectivity index (χ1v) is 7.96. The van der Waals surface area contributed by atoms with Crippen molar-refractivity contribution >= 4 is 28.2 Å². The van der Waals surface area contributed by atoms with Crippen LogP contribution < -0.4 is 10.6 Å². The highest BCUT2D eigenvalue weighted by Gasteiger charge is 2.08. The fraction of sp³-hybridized carbons (Fsp3) is 0.400. The van der Waals surface area contributed by atoms with Crippen LogP contribution in [0.1, 0.15) is 17.8 Å². The highest BCUT2D eigenvalue weighted by Crippen LogP contribution is 2.20. The lowest BCUT2D eigenvalue weighted by molar-refractivity contribution is -0.120. The lowest BCUT2D eigenvalue weighted by atomic mass is 10.3. The number of aromatic nitrogens is 2. The van der Waals surface area contributed by atoms with Crippen LogP contribution in [0.4, 0.5) is 10.9 Å². The highest BCUT2D eigenvalue weighted by atomic mass is 32.1. The van der Waals surface area contributed by atoms with E-state index in [0.717, 1.165) is 28.8 Å². The quantitative estimate of drug-likeness (QED) is 0.730. The standard InChI is InChI=1S/C15H20N4O2S/c1-11-5-3-6-13(17-11)19-15-18-12(10-22-15)9-14(20)16-7-4-8-21-2/h3,5-6,10H,4,7-9H2,1-2H3,(H,16,20)(H,17,18,19). The van der Waals surface area contributed by atoms with Crippen LogP contribution in [0.25, 0.3) is 0 Å². The Hall–Kier alpha value is -1.99. The van der Waals surface area contributed by atoms with E-state index >= 15 is 0 Å². The van der Waals surface area contributed by atoms with E-state index in [4.69, 9.17) is 4.74 Å². The SMILES string of the molecule is COCCCNC(=O)Cc1csc(Nc2cccc(C)n2)n1. The van der Waals surface area contributed by atoms with Gasteiger partial charge in [-0.1, -0.05) is 6.07 Å². The summed E-state index contributed by atoms with van der Waals surface area (Å²) >= 11 is 1.46. The molecule has 0 saturated carbocycles. The number of nitrogens with one attached hydrogen (secondary N) is 2. The lowest BCUT2D eigenvalue weighted by Crippen LogP contribution is -2.26. The van der Waals surface area contributed by atoms with Crippen LogP contribution in [0.15, 0.2) is 23.6 Å². The van der Waals surface area contributed by atoms with Gasteiger partial charge >= 0.3 is 0 Å². The van der Waals surface area contributed by atoms with E-state index < -0.39 is 0 Å². The maximum absolute atomic E-state index is 11.8. The molecule has 0 aliphatic heterocycles. The van der Waals surface area contributed by atoms with Crippen LogP contribution in [0, 0.1) is 6.92 Å². The van der Waals surface area contributed by atoms with E-state index in [0.29, 0.717) is 13.2 Å². The molecule has 0 spiro atoms. The average molecular weight is 320 g/mol. The fourth-order valence-electron chi connectivity index (χ4n) is 1.84. The molecule has 0 atom stereocenters. The van der Waals surface area contributed by atoms with Gasteiger partial charge in [0.25, 0.3) is 0 Å². The summed E-state index contributed by atoms with van der Waals surface area (Å²) in [5.41, 5.74) is 1.70. The van der Waals surface area contributed by atoms with Crippen molar-refractivity contribution in [1.29, 1.82) is 0 Å². The first-order chi connectivity index (χ1) is 10.7. The normalized spacial score (nSPS) is 10.5. The average Bonchev–Trinajstić information content (AvgIpc) is 2.91. The number of nitrogens with zero attached hydrogens (tertiary/aromatic N) is 2. The highest BCUT2D eigenvalue weighted by molar-refractivity contribution is 7.13. The van der Waals surface area contributed by atoms with Gasteiger partial charge in [0.15, 0.2) is 5.13 Å². The predicted molar refractivity (Wildman–Crippen MR) is 87.6 cm³/mol. The molecule has 0 aliphatic rings. The third kappa shape index (κ3) is 5.42. The summed E-state index contributed by atoms with van der Waals surface area (Å²) in [5.74, 6) is 0.728. The van der Waals surface area contributed by atoms with Gasteiger partial charge in [0.05, 0.1) is 12.1 Å². The lowest BCUT2D eigenvalue weighted by Gasteiger charge is -2.03. The number of carbonyl (C=O) groups is 1. The predicted octanol–water partition coefficient (Wildman–Crippen LogP) is 2.29. The van der Waals surface area contributed by atoms with Gasteiger partial charge in [0, 0.05) is 31.3 Å². The molecule has 2 N–H and O–H groups in total. The molecule has 1 amide bonds. The van der Waals surface area contributed by atoms with Crippen molar-refractivity contribution in [2.24, 2.45) is 0 Å². The maximum Gasteiger partial charge on any atom is 0.226 e. The molecule has 2 rings (SSSR count). The summed E-state index contributed by atoms with van der Waals surface area (Å²) < 4.78 is 4.93. The molecule has 0 unspecified atom stereocenters. The van der Waals surface area contributed by atoms with Crippen molar-refractivity contribution < 1.29 is 9.53 Å². The van der Waals surface area contributed by atoms with Crippen molar-refractivity contribution in [3.8, 4) is 0 Å². The zero-order chi connectivity index (χ0) is 15.8. The van der Waals surface area contributed by atoms with Gasteiger partial charge in [0.1, 0.15) is 5.82 Å². The Morgan fingerprint density at radius 2 is 2.23 bits per heavy atom. The first kappa shape index (κ1) is 16.4. The molecule has 118 valence electrons. The second-order valence-electron chi connectivity index (χ2n) is 4.81. The Labute approximate surface area is 133 Å². The Kier molecular flexibility index (Phi) is 6.29. The molecule has 0 saturated heterocycles. The van der Waals surface area contributed by atoms with Crippen molar-refractivity contribution in [2.75, 3.05) is 25.6 Å². The van der Waals surface area contributed by atoms with E-state index in [-0.39, 0.29) is 12.3 Å². The summed E-state index contributed by atoms with van der Waals surface area (Å²) in [7, 11) is 1.65. The van der Waals surface area contributed by atoms with Crippen LogP contribution in [0.2, 0.25) is 0 Å². The summed E-state index contributed by atoms with van der Waals surface area (Å²) in [5, 5.41) is 8.61. The topological polar surface area (TPSA) is 76.1 Å². The van der Waals surface area contributed by atoms with E-state index in [9.17, 15) is 4.79 Å². The number of methoxy groups -OCH3 is 1. The molecule has 0 aliphatic carbocycles. The van der Waals surface area contributed by atoms with E-state index in [1.807, 2.05) is 30.5 Å². The van der Waals surface area contributed by atoms with Crippen molar-refractivity contribution in [2.45, 2.75) is 19.8 Å². The van der Waals surface area contributed by atoms with Gasteiger partial charge in [-0.15, -0.1) is 11.3 Å². The van der Waals surface area contributed by atoms with Gasteiger partial charge < -0.3 is 15.4 Å². The Bertz CT molecular complexity index is 615. The minimum absolute atomic E-state index is 0.0263. The number of hydrogen-bond acceptors (Lipinski definition) is 6. The van der Waals surface area contributed by atoms with Gasteiger partial charge in [-0.2, -0.15) is 0 Å². The van der Waals surface area contributed by atoms with Crippen molar-refractivity contribution in [3.63, 3.8) is 0 Å². The molecule has 0 aromatic carbocycles. The molecule has 0 fully saturated rings. The maximum atomic E-state index is 11.8. The molecule has 22 heavy (non-hydrogen) atoms. The number of thiazole rings is 1. The van der Waals surface area contributed by atoms with Gasteiger partial charge in [-0.25, -0.2) is 9.97 Å². The molecular weight excluding hydrogens is 300 g/mol. The van der Waals surface area contributed by atoms with Gasteiger partial charge in [-0.05, 0) is 25.5 Å². The zero-order valence-corrected chi connectivity index (χ0v) is 13.6. The van der Waals surface area contributed by atoms with Crippen LogP contribution >= 0.6 is 11.3 Å². The van der Waals surface area contributed by atoms with Crippen LogP contribution in [0.5, 0.6) is 0 Å². The van der Waals surface area contributed by atoms with E-state index in [1.165, 1.54) is 11.3 Å².